The molecule has 27 heavy (non-hydrogen) atoms. The van der Waals surface area contributed by atoms with E-state index in [2.05, 4.69) is 4.98 Å². The van der Waals surface area contributed by atoms with E-state index in [-0.39, 0.29) is 11.2 Å². The average molecular weight is 367 g/mol. The molecule has 0 saturated carbocycles. The van der Waals surface area contributed by atoms with Gasteiger partial charge in [-0.15, -0.1) is 0 Å². The predicted octanol–water partition coefficient (Wildman–Crippen LogP) is 1.78. The number of fused-ring (bicyclic) bond motifs is 3. The number of benzene rings is 1. The molecule has 0 aliphatic carbocycles. The quantitative estimate of drug-likeness (QED) is 0.553. The fraction of sp³-hybridized carbons (Fsp3) is 0.316. The second kappa shape index (κ2) is 5.87. The number of para-hydroxylation sites is 2. The number of rotatable bonds is 3. The van der Waals surface area contributed by atoms with Crippen LogP contribution in [0.5, 0.6) is 5.75 Å². The van der Waals surface area contributed by atoms with Gasteiger partial charge in [0, 0.05) is 25.0 Å². The summed E-state index contributed by atoms with van der Waals surface area (Å²) in [5.74, 6) is 1.27. The second-order valence-electron chi connectivity index (χ2n) is 6.49. The summed E-state index contributed by atoms with van der Waals surface area (Å²) in [5, 5.41) is 0. The highest BCUT2D eigenvalue weighted by Gasteiger charge is 2.23. The molecule has 0 unspecified atom stereocenters. The molecule has 8 nitrogen and oxygen atoms in total. The third kappa shape index (κ3) is 2.12. The first kappa shape index (κ1) is 17.1. The summed E-state index contributed by atoms with van der Waals surface area (Å²) in [6.45, 7) is 6.00. The van der Waals surface area contributed by atoms with Gasteiger partial charge in [0.1, 0.15) is 5.75 Å². The minimum absolute atomic E-state index is 0.305. The van der Waals surface area contributed by atoms with Crippen LogP contribution in [0.3, 0.4) is 0 Å². The largest absolute Gasteiger partial charge is 0.495 e. The lowest BCUT2D eigenvalue weighted by atomic mass is 10.2. The van der Waals surface area contributed by atoms with E-state index in [9.17, 15) is 9.59 Å². The van der Waals surface area contributed by atoms with E-state index in [1.165, 1.54) is 9.13 Å². The minimum Gasteiger partial charge on any atom is -0.495 e. The lowest BCUT2D eigenvalue weighted by Gasteiger charge is -2.11. The first-order valence-corrected chi connectivity index (χ1v) is 8.75. The molecule has 140 valence electrons. The van der Waals surface area contributed by atoms with Crippen molar-refractivity contribution < 1.29 is 4.74 Å². The Balaban J connectivity index is 2.25. The molecule has 0 N–H and O–H groups in total. The fourth-order valence-electron chi connectivity index (χ4n) is 3.63. The summed E-state index contributed by atoms with van der Waals surface area (Å²) >= 11 is 0. The maximum absolute atomic E-state index is 13.0. The van der Waals surface area contributed by atoms with Crippen molar-refractivity contribution in [3.05, 3.63) is 56.5 Å². The van der Waals surface area contributed by atoms with E-state index in [0.29, 0.717) is 29.2 Å². The van der Waals surface area contributed by atoms with Gasteiger partial charge in [-0.3, -0.25) is 22.9 Å². The number of hydrogen-bond donors (Lipinski definition) is 0. The molecule has 4 rings (SSSR count). The summed E-state index contributed by atoms with van der Waals surface area (Å²) in [6, 6.07) is 7.64. The van der Waals surface area contributed by atoms with Gasteiger partial charge in [0.15, 0.2) is 11.2 Å². The Labute approximate surface area is 154 Å². The summed E-state index contributed by atoms with van der Waals surface area (Å²) in [6.07, 6.45) is 0. The molecule has 8 heteroatoms. The minimum atomic E-state index is -0.367. The Hall–Kier alpha value is -3.29. The van der Waals surface area contributed by atoms with Crippen molar-refractivity contribution in [3.63, 3.8) is 0 Å². The highest BCUT2D eigenvalue weighted by molar-refractivity contribution is 5.77. The summed E-state index contributed by atoms with van der Waals surface area (Å²) in [7, 11) is 3.26. The number of aryl methyl sites for hydroxylation is 2. The first-order chi connectivity index (χ1) is 12.9. The van der Waals surface area contributed by atoms with Crippen LogP contribution in [0.2, 0.25) is 0 Å². The normalized spacial score (nSPS) is 11.6. The van der Waals surface area contributed by atoms with Crippen molar-refractivity contribution in [2.24, 2.45) is 7.05 Å². The maximum Gasteiger partial charge on any atom is 0.332 e. The van der Waals surface area contributed by atoms with Crippen LogP contribution in [0.1, 0.15) is 18.3 Å². The van der Waals surface area contributed by atoms with Gasteiger partial charge in [0.25, 0.3) is 5.56 Å². The molecule has 0 amide bonds. The number of methoxy groups -OCH3 is 1. The standard InChI is InChI=1S/C19H21N5O3/c1-6-22-17(25)15-16(21(4)19(22)26)20-18-23(11(2)12(3)24(15)18)13-9-7-8-10-14(13)27-5/h7-10H,6H2,1-5H3. The molecule has 0 fully saturated rings. The van der Waals surface area contributed by atoms with Gasteiger partial charge in [-0.1, -0.05) is 12.1 Å². The number of imidazole rings is 2. The van der Waals surface area contributed by atoms with Gasteiger partial charge in [-0.25, -0.2) is 4.79 Å². The van der Waals surface area contributed by atoms with Crippen LogP contribution >= 0.6 is 0 Å². The molecular weight excluding hydrogens is 346 g/mol. The van der Waals surface area contributed by atoms with Gasteiger partial charge < -0.3 is 4.74 Å². The van der Waals surface area contributed by atoms with E-state index >= 15 is 0 Å². The van der Waals surface area contributed by atoms with Gasteiger partial charge in [0.2, 0.25) is 5.78 Å². The third-order valence-electron chi connectivity index (χ3n) is 5.16. The summed E-state index contributed by atoms with van der Waals surface area (Å²) in [4.78, 5) is 30.2. The SMILES string of the molecule is CCn1c(=O)c2c(nc3n(-c4ccccc4OC)c(C)c(C)n23)n(C)c1=O. The highest BCUT2D eigenvalue weighted by Crippen LogP contribution is 2.29. The summed E-state index contributed by atoms with van der Waals surface area (Å²) in [5.41, 5.74) is 2.74. The van der Waals surface area contributed by atoms with Crippen molar-refractivity contribution in [1.29, 1.82) is 0 Å². The second-order valence-corrected chi connectivity index (χ2v) is 6.49. The molecule has 0 radical (unpaired) electrons. The zero-order valence-corrected chi connectivity index (χ0v) is 16.0. The van der Waals surface area contributed by atoms with Crippen molar-refractivity contribution in [2.75, 3.05) is 7.11 Å². The van der Waals surface area contributed by atoms with E-state index in [1.54, 1.807) is 21.1 Å². The van der Waals surface area contributed by atoms with E-state index in [1.807, 2.05) is 47.1 Å². The molecule has 0 bridgehead atoms. The summed E-state index contributed by atoms with van der Waals surface area (Å²) < 4.78 is 11.9. The van der Waals surface area contributed by atoms with Crippen molar-refractivity contribution in [2.45, 2.75) is 27.3 Å². The average Bonchev–Trinajstić information content (AvgIpc) is 3.16. The number of hydrogen-bond acceptors (Lipinski definition) is 4. The van der Waals surface area contributed by atoms with Gasteiger partial charge in [0.05, 0.1) is 12.8 Å². The molecular formula is C19H21N5O3. The number of aromatic nitrogens is 5. The van der Waals surface area contributed by atoms with Crippen LogP contribution in [0, 0.1) is 13.8 Å². The van der Waals surface area contributed by atoms with Crippen LogP contribution in [0.4, 0.5) is 0 Å². The van der Waals surface area contributed by atoms with Gasteiger partial charge in [-0.05, 0) is 32.9 Å². The first-order valence-electron chi connectivity index (χ1n) is 8.75. The lowest BCUT2D eigenvalue weighted by molar-refractivity contribution is 0.413. The molecule has 0 saturated heterocycles. The van der Waals surface area contributed by atoms with Gasteiger partial charge in [-0.2, -0.15) is 4.98 Å². The Morgan fingerprint density at radius 3 is 2.48 bits per heavy atom. The van der Waals surface area contributed by atoms with Crippen LogP contribution < -0.4 is 16.0 Å². The van der Waals surface area contributed by atoms with Crippen molar-refractivity contribution in [1.82, 2.24) is 23.1 Å². The smallest absolute Gasteiger partial charge is 0.332 e. The van der Waals surface area contributed by atoms with E-state index in [0.717, 1.165) is 17.1 Å². The Bertz CT molecular complexity index is 1320. The zero-order chi connectivity index (χ0) is 19.5. The third-order valence-corrected chi connectivity index (χ3v) is 5.16. The van der Waals surface area contributed by atoms with Crippen LogP contribution in [-0.4, -0.2) is 30.2 Å². The Morgan fingerprint density at radius 1 is 1.11 bits per heavy atom. The number of ether oxygens (including phenoxy) is 1. The fourth-order valence-corrected chi connectivity index (χ4v) is 3.63. The zero-order valence-electron chi connectivity index (χ0n) is 16.0. The molecule has 0 atom stereocenters. The van der Waals surface area contributed by atoms with E-state index < -0.39 is 0 Å². The molecule has 0 aliphatic heterocycles. The Kier molecular flexibility index (Phi) is 3.73. The molecule has 4 aromatic rings. The topological polar surface area (TPSA) is 75.5 Å². The molecule has 1 aromatic carbocycles. The monoisotopic (exact) mass is 367 g/mol. The van der Waals surface area contributed by atoms with Crippen LogP contribution in [-0.2, 0) is 13.6 Å². The molecule has 0 spiro atoms. The Morgan fingerprint density at radius 2 is 1.81 bits per heavy atom. The highest BCUT2D eigenvalue weighted by atomic mass is 16.5. The number of nitrogens with zero attached hydrogens (tertiary/aromatic N) is 5. The molecule has 0 aliphatic rings. The molecule has 3 aromatic heterocycles. The maximum atomic E-state index is 13.0. The lowest BCUT2D eigenvalue weighted by Crippen LogP contribution is -2.38. The van der Waals surface area contributed by atoms with Crippen LogP contribution in [0.25, 0.3) is 22.6 Å². The van der Waals surface area contributed by atoms with Gasteiger partial charge >= 0.3 is 5.69 Å². The predicted molar refractivity (Wildman–Crippen MR) is 103 cm³/mol. The van der Waals surface area contributed by atoms with E-state index in [4.69, 9.17) is 4.74 Å². The van der Waals surface area contributed by atoms with Crippen molar-refractivity contribution >= 4 is 16.9 Å². The van der Waals surface area contributed by atoms with Crippen LogP contribution in [0.15, 0.2) is 33.9 Å². The molecule has 3 heterocycles. The van der Waals surface area contributed by atoms with Crippen molar-refractivity contribution in [3.8, 4) is 11.4 Å².